The second-order valence-corrected chi connectivity index (χ2v) is 5.37. The van der Waals surface area contributed by atoms with Crippen LogP contribution in [0.4, 0.5) is 5.82 Å². The van der Waals surface area contributed by atoms with Crippen molar-refractivity contribution >= 4 is 29.0 Å². The van der Waals surface area contributed by atoms with E-state index >= 15 is 0 Å². The molecule has 0 amide bonds. The van der Waals surface area contributed by atoms with Crippen LogP contribution in [0.2, 0.25) is 5.02 Å². The summed E-state index contributed by atoms with van der Waals surface area (Å²) in [6.07, 6.45) is 4.01. The van der Waals surface area contributed by atoms with Gasteiger partial charge in [0.1, 0.15) is 17.2 Å². The highest BCUT2D eigenvalue weighted by Gasteiger charge is 2.47. The summed E-state index contributed by atoms with van der Waals surface area (Å²) >= 11 is 12.1. The molecule has 0 aromatic carbocycles. The molecule has 0 bridgehead atoms. The fraction of sp³-hybridized carbons (Fsp3) is 0.600. The van der Waals surface area contributed by atoms with Crippen LogP contribution in [0.25, 0.3) is 0 Å². The highest BCUT2D eigenvalue weighted by molar-refractivity contribution is 6.32. The molecule has 1 aliphatic carbocycles. The normalized spacial score (nSPS) is 28.3. The van der Waals surface area contributed by atoms with Crippen LogP contribution in [-0.4, -0.2) is 21.4 Å². The van der Waals surface area contributed by atoms with Gasteiger partial charge < -0.3 is 5.32 Å². The molecular weight excluding hydrogens is 233 g/mol. The molecule has 1 heterocycles. The molecule has 0 aliphatic heterocycles. The lowest BCUT2D eigenvalue weighted by molar-refractivity contribution is 0.168. The molecule has 1 N–H and O–H groups in total. The Balaban J connectivity index is 2.08. The maximum Gasteiger partial charge on any atom is 0.148 e. The van der Waals surface area contributed by atoms with Crippen molar-refractivity contribution in [2.75, 3.05) is 5.32 Å². The third kappa shape index (κ3) is 1.91. The maximum absolute atomic E-state index is 6.14. The molecule has 1 fully saturated rings. The molecule has 5 heteroatoms. The second kappa shape index (κ2) is 3.80. The Bertz CT molecular complexity index is 367. The van der Waals surface area contributed by atoms with E-state index in [0.29, 0.717) is 16.9 Å². The fourth-order valence-corrected chi connectivity index (χ4v) is 2.19. The van der Waals surface area contributed by atoms with Gasteiger partial charge in [0.2, 0.25) is 0 Å². The van der Waals surface area contributed by atoms with E-state index in [0.717, 1.165) is 6.42 Å². The van der Waals surface area contributed by atoms with Crippen molar-refractivity contribution in [3.05, 3.63) is 17.5 Å². The van der Waals surface area contributed by atoms with Gasteiger partial charge in [0, 0.05) is 16.8 Å². The van der Waals surface area contributed by atoms with Crippen molar-refractivity contribution < 1.29 is 0 Å². The lowest BCUT2D eigenvalue weighted by Gasteiger charge is -2.49. The number of rotatable bonds is 2. The van der Waals surface area contributed by atoms with Crippen LogP contribution in [0.5, 0.6) is 0 Å². The minimum Gasteiger partial charge on any atom is -0.365 e. The molecule has 1 aromatic rings. The highest BCUT2D eigenvalue weighted by Crippen LogP contribution is 2.45. The molecule has 2 unspecified atom stereocenters. The summed E-state index contributed by atoms with van der Waals surface area (Å²) in [7, 11) is 0. The predicted octanol–water partition coefficient (Wildman–Crippen LogP) is 2.95. The zero-order chi connectivity index (χ0) is 11.1. The topological polar surface area (TPSA) is 37.8 Å². The molecule has 2 atom stereocenters. The van der Waals surface area contributed by atoms with Crippen molar-refractivity contribution in [2.24, 2.45) is 5.41 Å². The minimum atomic E-state index is 0.0792. The largest absolute Gasteiger partial charge is 0.365 e. The van der Waals surface area contributed by atoms with Gasteiger partial charge in [0.15, 0.2) is 0 Å². The number of hydrogen-bond donors (Lipinski definition) is 1. The second-order valence-electron chi connectivity index (χ2n) is 4.44. The van der Waals surface area contributed by atoms with Gasteiger partial charge in [-0.3, -0.25) is 0 Å². The van der Waals surface area contributed by atoms with Gasteiger partial charge in [-0.05, 0) is 6.42 Å². The first-order valence-corrected chi connectivity index (χ1v) is 5.69. The summed E-state index contributed by atoms with van der Waals surface area (Å²) < 4.78 is 0. The first-order valence-electron chi connectivity index (χ1n) is 4.88. The van der Waals surface area contributed by atoms with E-state index in [-0.39, 0.29) is 10.8 Å². The van der Waals surface area contributed by atoms with E-state index in [4.69, 9.17) is 23.2 Å². The first kappa shape index (κ1) is 11.0. The summed E-state index contributed by atoms with van der Waals surface area (Å²) in [5.41, 5.74) is 0.0792. The molecule has 2 rings (SSSR count). The fourth-order valence-electron chi connectivity index (χ4n) is 1.70. The smallest absolute Gasteiger partial charge is 0.148 e. The molecule has 0 radical (unpaired) electrons. The molecule has 1 saturated carbocycles. The SMILES string of the molecule is CC1(C)C(Cl)CC1Nc1ncncc1Cl. The van der Waals surface area contributed by atoms with Gasteiger partial charge in [-0.2, -0.15) is 0 Å². The number of halogens is 2. The Kier molecular flexibility index (Phi) is 2.77. The van der Waals surface area contributed by atoms with Gasteiger partial charge >= 0.3 is 0 Å². The molecule has 1 aliphatic rings. The molecular formula is C10H13Cl2N3. The van der Waals surface area contributed by atoms with Crippen LogP contribution in [0.1, 0.15) is 20.3 Å². The van der Waals surface area contributed by atoms with Crippen molar-refractivity contribution in [3.63, 3.8) is 0 Å². The Morgan fingerprint density at radius 3 is 2.80 bits per heavy atom. The minimum absolute atomic E-state index is 0.0792. The van der Waals surface area contributed by atoms with Gasteiger partial charge in [-0.1, -0.05) is 25.4 Å². The van der Waals surface area contributed by atoms with E-state index in [1.165, 1.54) is 6.33 Å². The highest BCUT2D eigenvalue weighted by atomic mass is 35.5. The Labute approximate surface area is 99.2 Å². The molecule has 82 valence electrons. The average Bonchev–Trinajstić information content (AvgIpc) is 2.20. The number of aromatic nitrogens is 2. The standard InChI is InChI=1S/C10H13Cl2N3/c1-10(2)7(12)3-8(10)15-9-6(11)4-13-5-14-9/h4-5,7-8H,3H2,1-2H3,(H,13,14,15). The quantitative estimate of drug-likeness (QED) is 0.815. The summed E-state index contributed by atoms with van der Waals surface area (Å²) in [6.45, 7) is 4.28. The van der Waals surface area contributed by atoms with Crippen LogP contribution < -0.4 is 5.32 Å². The van der Waals surface area contributed by atoms with Gasteiger partial charge in [0.05, 0.1) is 6.20 Å². The molecule has 3 nitrogen and oxygen atoms in total. The lowest BCUT2D eigenvalue weighted by atomic mass is 9.67. The monoisotopic (exact) mass is 245 g/mol. The lowest BCUT2D eigenvalue weighted by Crippen LogP contribution is -2.54. The van der Waals surface area contributed by atoms with Gasteiger partial charge in [-0.15, -0.1) is 11.6 Å². The molecule has 0 saturated heterocycles. The first-order chi connectivity index (χ1) is 7.01. The number of alkyl halides is 1. The number of nitrogens with one attached hydrogen (secondary N) is 1. The Hall–Kier alpha value is -0.540. The zero-order valence-corrected chi connectivity index (χ0v) is 10.2. The van der Waals surface area contributed by atoms with Crippen molar-refractivity contribution in [2.45, 2.75) is 31.7 Å². The van der Waals surface area contributed by atoms with Crippen LogP contribution in [0, 0.1) is 5.41 Å². The summed E-state index contributed by atoms with van der Waals surface area (Å²) in [6, 6.07) is 0.326. The maximum atomic E-state index is 6.14. The van der Waals surface area contributed by atoms with E-state index in [1.54, 1.807) is 6.20 Å². The predicted molar refractivity (Wildman–Crippen MR) is 62.5 cm³/mol. The van der Waals surface area contributed by atoms with Crippen LogP contribution >= 0.6 is 23.2 Å². The van der Waals surface area contributed by atoms with Crippen molar-refractivity contribution in [1.29, 1.82) is 0 Å². The van der Waals surface area contributed by atoms with Crippen LogP contribution in [0.3, 0.4) is 0 Å². The van der Waals surface area contributed by atoms with Gasteiger partial charge in [-0.25, -0.2) is 9.97 Å². The number of hydrogen-bond acceptors (Lipinski definition) is 3. The number of anilines is 1. The summed E-state index contributed by atoms with van der Waals surface area (Å²) in [5.74, 6) is 0.688. The summed E-state index contributed by atoms with van der Waals surface area (Å²) in [5, 5.41) is 4.07. The summed E-state index contributed by atoms with van der Waals surface area (Å²) in [4.78, 5) is 7.93. The Morgan fingerprint density at radius 1 is 1.53 bits per heavy atom. The molecule has 1 aromatic heterocycles. The van der Waals surface area contributed by atoms with Crippen LogP contribution in [0.15, 0.2) is 12.5 Å². The zero-order valence-electron chi connectivity index (χ0n) is 8.67. The third-order valence-corrected chi connectivity index (χ3v) is 4.14. The van der Waals surface area contributed by atoms with Crippen molar-refractivity contribution in [1.82, 2.24) is 9.97 Å². The third-order valence-electron chi connectivity index (χ3n) is 3.13. The van der Waals surface area contributed by atoms with E-state index < -0.39 is 0 Å². The van der Waals surface area contributed by atoms with Crippen LogP contribution in [-0.2, 0) is 0 Å². The molecule has 15 heavy (non-hydrogen) atoms. The van der Waals surface area contributed by atoms with Gasteiger partial charge in [0.25, 0.3) is 0 Å². The number of nitrogens with zero attached hydrogens (tertiary/aromatic N) is 2. The van der Waals surface area contributed by atoms with E-state index in [2.05, 4.69) is 29.1 Å². The molecule has 0 spiro atoms. The van der Waals surface area contributed by atoms with Crippen molar-refractivity contribution in [3.8, 4) is 0 Å². The average molecular weight is 246 g/mol. The Morgan fingerprint density at radius 2 is 2.27 bits per heavy atom. The van der Waals surface area contributed by atoms with E-state index in [9.17, 15) is 0 Å². The van der Waals surface area contributed by atoms with E-state index in [1.807, 2.05) is 0 Å².